The number of nitrogens with zero attached hydrogens (tertiary/aromatic N) is 2. The fraction of sp³-hybridized carbons (Fsp3) is 0.0909. The van der Waals surface area contributed by atoms with Gasteiger partial charge in [-0.15, -0.1) is 0 Å². The molecule has 2 aromatic carbocycles. The van der Waals surface area contributed by atoms with Crippen LogP contribution in [0.5, 0.6) is 0 Å². The van der Waals surface area contributed by atoms with Gasteiger partial charge in [0.25, 0.3) is 11.6 Å². The molecule has 0 spiro atoms. The van der Waals surface area contributed by atoms with Crippen LogP contribution in [0.25, 0.3) is 17.4 Å². The molecule has 0 atom stereocenters. The summed E-state index contributed by atoms with van der Waals surface area (Å²) >= 11 is 1.22. The zero-order valence-electron chi connectivity index (χ0n) is 16.0. The predicted octanol–water partition coefficient (Wildman–Crippen LogP) is 5.31. The van der Waals surface area contributed by atoms with Gasteiger partial charge in [-0.2, -0.15) is 0 Å². The first-order valence-electron chi connectivity index (χ1n) is 9.26. The minimum absolute atomic E-state index is 0.0388. The van der Waals surface area contributed by atoms with Crippen molar-refractivity contribution in [1.29, 1.82) is 0 Å². The number of carbonyl (C=O) groups excluding carboxylic acids is 1. The van der Waals surface area contributed by atoms with Crippen molar-refractivity contribution in [2.45, 2.75) is 13.3 Å². The first-order valence-corrected chi connectivity index (χ1v) is 10.1. The molecule has 0 radical (unpaired) electrons. The van der Waals surface area contributed by atoms with Gasteiger partial charge in [-0.3, -0.25) is 14.9 Å². The fourth-order valence-corrected chi connectivity index (χ4v) is 3.87. The van der Waals surface area contributed by atoms with Crippen LogP contribution < -0.4 is 5.32 Å². The molecule has 0 bridgehead atoms. The Labute approximate surface area is 176 Å². The third kappa shape index (κ3) is 4.04. The molecule has 1 amide bonds. The minimum atomic E-state index is -0.451. The van der Waals surface area contributed by atoms with Crippen LogP contribution in [0.15, 0.2) is 75.0 Å². The van der Waals surface area contributed by atoms with E-state index in [1.807, 2.05) is 24.3 Å². The molecule has 1 saturated heterocycles. The molecule has 1 fully saturated rings. The van der Waals surface area contributed by atoms with Crippen molar-refractivity contribution in [2.24, 2.45) is 4.99 Å². The molecule has 3 aromatic rings. The van der Waals surface area contributed by atoms with Crippen molar-refractivity contribution in [2.75, 3.05) is 0 Å². The number of furan rings is 1. The largest absolute Gasteiger partial charge is 0.456 e. The van der Waals surface area contributed by atoms with Crippen LogP contribution in [0, 0.1) is 10.1 Å². The molecule has 1 aliphatic rings. The van der Waals surface area contributed by atoms with Gasteiger partial charge in [0.15, 0.2) is 5.17 Å². The molecule has 0 saturated carbocycles. The summed E-state index contributed by atoms with van der Waals surface area (Å²) in [4.78, 5) is 28.1. The number of benzene rings is 2. The number of hydrogen-bond donors (Lipinski definition) is 1. The van der Waals surface area contributed by atoms with E-state index in [1.54, 1.807) is 36.4 Å². The van der Waals surface area contributed by atoms with Crippen LogP contribution in [0.1, 0.15) is 18.2 Å². The van der Waals surface area contributed by atoms with Gasteiger partial charge < -0.3 is 9.73 Å². The summed E-state index contributed by atoms with van der Waals surface area (Å²) in [5, 5.41) is 14.5. The average molecular weight is 419 g/mol. The second-order valence-electron chi connectivity index (χ2n) is 6.44. The van der Waals surface area contributed by atoms with E-state index in [9.17, 15) is 14.9 Å². The van der Waals surface area contributed by atoms with Gasteiger partial charge in [0.1, 0.15) is 11.5 Å². The number of amides is 1. The number of nitro benzene ring substituents is 1. The van der Waals surface area contributed by atoms with Crippen LogP contribution in [0.3, 0.4) is 0 Å². The number of aryl methyl sites for hydroxylation is 1. The summed E-state index contributed by atoms with van der Waals surface area (Å²) in [5.41, 5.74) is 2.26. The Morgan fingerprint density at radius 2 is 1.90 bits per heavy atom. The fourth-order valence-electron chi connectivity index (χ4n) is 3.05. The second kappa shape index (κ2) is 8.38. The quantitative estimate of drug-likeness (QED) is 0.343. The number of nitrogens with one attached hydrogen (secondary N) is 1. The van der Waals surface area contributed by atoms with E-state index in [0.717, 1.165) is 17.7 Å². The van der Waals surface area contributed by atoms with Crippen LogP contribution >= 0.6 is 11.8 Å². The smallest absolute Gasteiger partial charge is 0.280 e. The summed E-state index contributed by atoms with van der Waals surface area (Å²) in [6, 6.07) is 17.5. The second-order valence-corrected chi connectivity index (χ2v) is 7.47. The highest BCUT2D eigenvalue weighted by Gasteiger charge is 2.25. The van der Waals surface area contributed by atoms with E-state index in [0.29, 0.717) is 27.2 Å². The van der Waals surface area contributed by atoms with Crippen LogP contribution in [0.2, 0.25) is 0 Å². The molecule has 1 N–H and O–H groups in total. The van der Waals surface area contributed by atoms with Crippen molar-refractivity contribution in [3.8, 4) is 11.3 Å². The molecular weight excluding hydrogens is 402 g/mol. The van der Waals surface area contributed by atoms with E-state index >= 15 is 0 Å². The molecular formula is C22H17N3O4S. The number of para-hydroxylation sites is 2. The Bertz CT molecular complexity index is 1200. The van der Waals surface area contributed by atoms with Gasteiger partial charge in [0, 0.05) is 12.1 Å². The lowest BCUT2D eigenvalue weighted by atomic mass is 10.1. The molecule has 30 heavy (non-hydrogen) atoms. The van der Waals surface area contributed by atoms with Crippen molar-refractivity contribution < 1.29 is 14.1 Å². The number of rotatable bonds is 5. The number of carbonyl (C=O) groups is 1. The van der Waals surface area contributed by atoms with Gasteiger partial charge in [-0.1, -0.05) is 37.3 Å². The third-order valence-electron chi connectivity index (χ3n) is 4.51. The summed E-state index contributed by atoms with van der Waals surface area (Å²) in [6.07, 6.45) is 2.45. The predicted molar refractivity (Wildman–Crippen MR) is 117 cm³/mol. The topological polar surface area (TPSA) is 97.7 Å². The Morgan fingerprint density at radius 1 is 1.13 bits per heavy atom. The molecule has 150 valence electrons. The summed E-state index contributed by atoms with van der Waals surface area (Å²) in [7, 11) is 0. The highest BCUT2D eigenvalue weighted by molar-refractivity contribution is 8.18. The lowest BCUT2D eigenvalue weighted by Crippen LogP contribution is -2.19. The minimum Gasteiger partial charge on any atom is -0.456 e. The van der Waals surface area contributed by atoms with Crippen molar-refractivity contribution >= 4 is 40.3 Å². The first-order chi connectivity index (χ1) is 14.5. The van der Waals surface area contributed by atoms with E-state index in [1.165, 1.54) is 17.8 Å². The molecule has 7 nitrogen and oxygen atoms in total. The zero-order chi connectivity index (χ0) is 21.1. The summed E-state index contributed by atoms with van der Waals surface area (Å²) in [5.74, 6) is 0.524. The maximum absolute atomic E-state index is 12.3. The zero-order valence-corrected chi connectivity index (χ0v) is 16.8. The number of amidine groups is 1. The molecule has 2 heterocycles. The van der Waals surface area contributed by atoms with E-state index in [2.05, 4.69) is 17.2 Å². The maximum atomic E-state index is 12.3. The van der Waals surface area contributed by atoms with Crippen LogP contribution in [-0.2, 0) is 11.2 Å². The molecule has 0 aliphatic carbocycles. The van der Waals surface area contributed by atoms with Gasteiger partial charge in [0.2, 0.25) is 0 Å². The van der Waals surface area contributed by atoms with Crippen LogP contribution in [-0.4, -0.2) is 16.0 Å². The maximum Gasteiger partial charge on any atom is 0.280 e. The number of thioether (sulfide) groups is 1. The van der Waals surface area contributed by atoms with E-state index < -0.39 is 4.92 Å². The lowest BCUT2D eigenvalue weighted by molar-refractivity contribution is -0.384. The van der Waals surface area contributed by atoms with Crippen molar-refractivity contribution in [3.05, 3.63) is 87.0 Å². The Balaban J connectivity index is 1.59. The first kappa shape index (κ1) is 19.7. The molecule has 1 aromatic heterocycles. The third-order valence-corrected chi connectivity index (χ3v) is 5.42. The molecule has 4 rings (SSSR count). The number of nitro groups is 1. The van der Waals surface area contributed by atoms with Crippen LogP contribution in [0.4, 0.5) is 11.4 Å². The summed E-state index contributed by atoms with van der Waals surface area (Å²) in [6.45, 7) is 2.05. The SMILES string of the molecule is CCc1ccccc1N=C1NC(=O)C(=Cc2ccc(-c3ccccc3[N+](=O)[O-])o2)S1. The molecule has 0 unspecified atom stereocenters. The molecule has 8 heteroatoms. The van der Waals surface area contributed by atoms with Gasteiger partial charge in [-0.25, -0.2) is 4.99 Å². The Hall–Kier alpha value is -3.65. The van der Waals surface area contributed by atoms with Gasteiger partial charge >= 0.3 is 0 Å². The van der Waals surface area contributed by atoms with E-state index in [4.69, 9.17) is 4.42 Å². The normalized spacial score (nSPS) is 16.2. The highest BCUT2D eigenvalue weighted by Crippen LogP contribution is 2.33. The summed E-state index contributed by atoms with van der Waals surface area (Å²) < 4.78 is 5.75. The van der Waals surface area contributed by atoms with Crippen molar-refractivity contribution in [3.63, 3.8) is 0 Å². The lowest BCUT2D eigenvalue weighted by Gasteiger charge is -2.02. The Morgan fingerprint density at radius 3 is 2.70 bits per heavy atom. The van der Waals surface area contributed by atoms with Gasteiger partial charge in [-0.05, 0) is 48.0 Å². The average Bonchev–Trinajstić information content (AvgIpc) is 3.35. The van der Waals surface area contributed by atoms with E-state index in [-0.39, 0.29) is 11.6 Å². The highest BCUT2D eigenvalue weighted by atomic mass is 32.2. The standard InChI is InChI=1S/C22H17N3O4S/c1-2-14-7-3-5-9-17(14)23-22-24-21(26)20(30-22)13-15-11-12-19(29-15)16-8-4-6-10-18(16)25(27)28/h3-13H,2H2,1H3,(H,23,24,26). The van der Waals surface area contributed by atoms with Crippen molar-refractivity contribution in [1.82, 2.24) is 5.32 Å². The number of hydrogen-bond acceptors (Lipinski definition) is 6. The monoisotopic (exact) mass is 419 g/mol. The van der Waals surface area contributed by atoms with Gasteiger partial charge in [0.05, 0.1) is 21.1 Å². The number of aliphatic imine (C=N–C) groups is 1. The Kier molecular flexibility index (Phi) is 5.49. The molecule has 1 aliphatic heterocycles.